The molecule has 0 radical (unpaired) electrons. The number of carbonyl (C=O) groups excluding carboxylic acids is 1. The van der Waals surface area contributed by atoms with Crippen molar-refractivity contribution in [2.24, 2.45) is 5.14 Å². The van der Waals surface area contributed by atoms with Gasteiger partial charge < -0.3 is 11.2 Å². The number of nitrogen functional groups attached to an aromatic ring is 1. The molecule has 0 bridgehead atoms. The van der Waals surface area contributed by atoms with Crippen LogP contribution in [0.2, 0.25) is 0 Å². The molecule has 1 aromatic heterocycles. The Bertz CT molecular complexity index is 1160. The second-order valence-electron chi connectivity index (χ2n) is 6.36. The number of nitrogens with two attached hydrogens (primary N) is 2. The maximum Gasteiger partial charge on any atom is 0.238 e. The van der Waals surface area contributed by atoms with Crippen LogP contribution < -0.4 is 16.3 Å². The summed E-state index contributed by atoms with van der Waals surface area (Å²) in [5.41, 5.74) is 0.844. The molecule has 0 aliphatic rings. The van der Waals surface area contributed by atoms with E-state index in [4.69, 9.17) is 11.0 Å². The van der Waals surface area contributed by atoms with Crippen LogP contribution in [0.4, 0.5) is 10.1 Å². The molecular formula is C18H19FN6O3S2. The quantitative estimate of drug-likeness (QED) is 0.365. The lowest BCUT2D eigenvalue weighted by molar-refractivity contribution is -0.115. The van der Waals surface area contributed by atoms with Gasteiger partial charge in [-0.3, -0.25) is 4.79 Å². The molecule has 3 aromatic rings. The van der Waals surface area contributed by atoms with Gasteiger partial charge in [-0.2, -0.15) is 0 Å². The summed E-state index contributed by atoms with van der Waals surface area (Å²) in [6, 6.07) is 11.8. The molecule has 9 nitrogen and oxygen atoms in total. The van der Waals surface area contributed by atoms with Gasteiger partial charge >= 0.3 is 0 Å². The number of rotatable bonds is 7. The fourth-order valence-corrected chi connectivity index (χ4v) is 3.81. The Morgan fingerprint density at radius 3 is 2.50 bits per heavy atom. The van der Waals surface area contributed by atoms with Crippen LogP contribution in [0.1, 0.15) is 18.3 Å². The van der Waals surface area contributed by atoms with Crippen LogP contribution in [0.15, 0.2) is 58.6 Å². The van der Waals surface area contributed by atoms with E-state index in [1.54, 1.807) is 25.1 Å². The average Bonchev–Trinajstić information content (AvgIpc) is 3.03. The zero-order valence-electron chi connectivity index (χ0n) is 15.8. The molecule has 158 valence electrons. The smallest absolute Gasteiger partial charge is 0.238 e. The van der Waals surface area contributed by atoms with E-state index < -0.39 is 15.3 Å². The molecule has 30 heavy (non-hydrogen) atoms. The lowest BCUT2D eigenvalue weighted by Gasteiger charge is -2.12. The number of thioether (sulfide) groups is 1. The highest BCUT2D eigenvalue weighted by molar-refractivity contribution is 8.00. The summed E-state index contributed by atoms with van der Waals surface area (Å²) in [5, 5.41) is 15.4. The molecule has 5 N–H and O–H groups in total. The van der Waals surface area contributed by atoms with Crippen LogP contribution in [0.3, 0.4) is 0 Å². The summed E-state index contributed by atoms with van der Waals surface area (Å²) in [6.45, 7) is 1.66. The summed E-state index contributed by atoms with van der Waals surface area (Å²) < 4.78 is 37.6. The number of primary sulfonamides is 1. The Hall–Kier alpha value is -2.96. The van der Waals surface area contributed by atoms with Crippen molar-refractivity contribution in [3.63, 3.8) is 0 Å². The van der Waals surface area contributed by atoms with Crippen molar-refractivity contribution in [2.75, 3.05) is 11.2 Å². The molecular weight excluding hydrogens is 431 g/mol. The van der Waals surface area contributed by atoms with Crippen molar-refractivity contribution in [2.45, 2.75) is 28.6 Å². The van der Waals surface area contributed by atoms with Gasteiger partial charge in [0.1, 0.15) is 5.82 Å². The highest BCUT2D eigenvalue weighted by Gasteiger charge is 2.20. The minimum absolute atomic E-state index is 0.0541. The largest absolute Gasteiger partial charge is 0.336 e. The van der Waals surface area contributed by atoms with Crippen molar-refractivity contribution < 1.29 is 17.6 Å². The van der Waals surface area contributed by atoms with Crippen molar-refractivity contribution in [3.05, 3.63) is 65.7 Å². The van der Waals surface area contributed by atoms with Gasteiger partial charge in [0, 0.05) is 12.1 Å². The Labute approximate surface area is 176 Å². The van der Waals surface area contributed by atoms with Gasteiger partial charge in [0.25, 0.3) is 0 Å². The van der Waals surface area contributed by atoms with Crippen molar-refractivity contribution >= 4 is 33.4 Å². The predicted octanol–water partition coefficient (Wildman–Crippen LogP) is 1.49. The Balaban J connectivity index is 1.64. The van der Waals surface area contributed by atoms with E-state index in [0.717, 1.165) is 11.8 Å². The number of carbonyl (C=O) groups is 1. The van der Waals surface area contributed by atoms with Crippen molar-refractivity contribution in [1.29, 1.82) is 0 Å². The molecule has 1 amide bonds. The molecule has 0 aliphatic heterocycles. The first-order valence-electron chi connectivity index (χ1n) is 8.68. The molecule has 12 heteroatoms. The van der Waals surface area contributed by atoms with Gasteiger partial charge in [-0.1, -0.05) is 30.0 Å². The molecule has 1 heterocycles. The minimum atomic E-state index is -3.81. The highest BCUT2D eigenvalue weighted by atomic mass is 32.2. The number of sulfonamides is 1. The molecule has 0 spiro atoms. The first kappa shape index (κ1) is 21.7. The Morgan fingerprint density at radius 2 is 1.87 bits per heavy atom. The van der Waals surface area contributed by atoms with Gasteiger partial charge in [-0.15, -0.1) is 10.2 Å². The van der Waals surface area contributed by atoms with Crippen molar-refractivity contribution in [3.8, 4) is 0 Å². The van der Waals surface area contributed by atoms with E-state index in [-0.39, 0.29) is 23.0 Å². The first-order valence-corrected chi connectivity index (χ1v) is 11.1. The molecule has 1 unspecified atom stereocenters. The van der Waals surface area contributed by atoms with E-state index in [1.807, 2.05) is 0 Å². The Kier molecular flexibility index (Phi) is 6.39. The first-order chi connectivity index (χ1) is 14.1. The third-order valence-corrected chi connectivity index (χ3v) is 6.13. The lowest BCUT2D eigenvalue weighted by atomic mass is 10.1. The third-order valence-electron chi connectivity index (χ3n) is 4.14. The van der Waals surface area contributed by atoms with Gasteiger partial charge in [-0.05, 0) is 42.8 Å². The summed E-state index contributed by atoms with van der Waals surface area (Å²) in [7, 11) is -3.81. The summed E-state index contributed by atoms with van der Waals surface area (Å²) in [6.07, 6.45) is 0.160. The Morgan fingerprint density at radius 1 is 1.20 bits per heavy atom. The molecule has 1 atom stereocenters. The standard InChI is InChI=1S/C18H19FN6O3S2/c1-11(17(26)22-13-6-8-14(9-7-13)30(21,27)28)29-18-24-23-16(25(18)20)10-12-4-2-3-5-15(12)19/h2-9,11H,10,20H2,1H3,(H,22,26)(H2,21,27,28). The molecule has 3 rings (SSSR count). The topological polar surface area (TPSA) is 146 Å². The van der Waals surface area contributed by atoms with Crippen LogP contribution in [-0.2, 0) is 21.2 Å². The monoisotopic (exact) mass is 450 g/mol. The summed E-state index contributed by atoms with van der Waals surface area (Å²) >= 11 is 1.08. The van der Waals surface area contributed by atoms with Gasteiger partial charge in [-0.25, -0.2) is 22.6 Å². The zero-order valence-corrected chi connectivity index (χ0v) is 17.5. The summed E-state index contributed by atoms with van der Waals surface area (Å²) in [5.74, 6) is 5.65. The molecule has 0 saturated carbocycles. The second-order valence-corrected chi connectivity index (χ2v) is 9.23. The highest BCUT2D eigenvalue weighted by Crippen LogP contribution is 2.23. The molecule has 0 fully saturated rings. The maximum atomic E-state index is 13.8. The van der Waals surface area contributed by atoms with Gasteiger partial charge in [0.2, 0.25) is 21.1 Å². The second kappa shape index (κ2) is 8.81. The van der Waals surface area contributed by atoms with Crippen LogP contribution >= 0.6 is 11.8 Å². The number of nitrogens with one attached hydrogen (secondary N) is 1. The average molecular weight is 451 g/mol. The van der Waals surface area contributed by atoms with E-state index in [1.165, 1.54) is 35.0 Å². The predicted molar refractivity (Wildman–Crippen MR) is 111 cm³/mol. The number of halogens is 1. The van der Waals surface area contributed by atoms with E-state index in [0.29, 0.717) is 22.2 Å². The third kappa shape index (κ3) is 5.14. The van der Waals surface area contributed by atoms with Crippen LogP contribution in [0, 0.1) is 5.82 Å². The normalized spacial score (nSPS) is 12.5. The van der Waals surface area contributed by atoms with Gasteiger partial charge in [0.05, 0.1) is 10.1 Å². The zero-order chi connectivity index (χ0) is 21.9. The molecule has 2 aromatic carbocycles. The lowest BCUT2D eigenvalue weighted by Crippen LogP contribution is -2.24. The number of nitrogens with zero attached hydrogens (tertiary/aromatic N) is 3. The van der Waals surface area contributed by atoms with E-state index in [2.05, 4.69) is 15.5 Å². The van der Waals surface area contributed by atoms with Crippen molar-refractivity contribution in [1.82, 2.24) is 14.9 Å². The van der Waals surface area contributed by atoms with Crippen LogP contribution in [-0.4, -0.2) is 34.4 Å². The fraction of sp³-hybridized carbons (Fsp3) is 0.167. The number of anilines is 1. The van der Waals surface area contributed by atoms with Gasteiger partial charge in [0.15, 0.2) is 5.82 Å². The molecule has 0 saturated heterocycles. The number of benzene rings is 2. The molecule has 0 aliphatic carbocycles. The maximum absolute atomic E-state index is 13.8. The van der Waals surface area contributed by atoms with E-state index in [9.17, 15) is 17.6 Å². The number of aromatic nitrogens is 3. The van der Waals surface area contributed by atoms with E-state index >= 15 is 0 Å². The fourth-order valence-electron chi connectivity index (χ4n) is 2.50. The number of amides is 1. The number of hydrogen-bond acceptors (Lipinski definition) is 7. The van der Waals surface area contributed by atoms with Crippen LogP contribution in [0.25, 0.3) is 0 Å². The summed E-state index contributed by atoms with van der Waals surface area (Å²) in [4.78, 5) is 12.4. The number of hydrogen-bond donors (Lipinski definition) is 3. The van der Waals surface area contributed by atoms with Crippen LogP contribution in [0.5, 0.6) is 0 Å². The minimum Gasteiger partial charge on any atom is -0.336 e. The SMILES string of the molecule is CC(Sc1nnc(Cc2ccccc2F)n1N)C(=O)Nc1ccc(S(N)(=O)=O)cc1.